The van der Waals surface area contributed by atoms with E-state index in [9.17, 15) is 9.18 Å². The molecule has 0 aliphatic heterocycles. The fraction of sp³-hybridized carbons (Fsp3) is 0.300. The maximum absolute atomic E-state index is 13.5. The van der Waals surface area contributed by atoms with Gasteiger partial charge in [-0.15, -0.1) is 0 Å². The van der Waals surface area contributed by atoms with Gasteiger partial charge in [0.05, 0.1) is 36.1 Å². The SMILES string of the molecule is Cn1cncc1C(=O)N[C@H](C[C@H]1CCC2=Cc3c(cnn3-c3ccc(F)cc3)C[C@@]21C)c1ccccc1. The Morgan fingerprint density at radius 3 is 2.68 bits per heavy atom. The van der Waals surface area contributed by atoms with E-state index >= 15 is 0 Å². The lowest BCUT2D eigenvalue weighted by atomic mass is 9.68. The van der Waals surface area contributed by atoms with Crippen molar-refractivity contribution in [3.63, 3.8) is 0 Å². The van der Waals surface area contributed by atoms with Gasteiger partial charge in [-0.05, 0) is 78.5 Å². The zero-order chi connectivity index (χ0) is 25.6. The van der Waals surface area contributed by atoms with Gasteiger partial charge >= 0.3 is 0 Å². The highest BCUT2D eigenvalue weighted by Crippen LogP contribution is 2.55. The summed E-state index contributed by atoms with van der Waals surface area (Å²) in [5.74, 6) is 0.0372. The summed E-state index contributed by atoms with van der Waals surface area (Å²) >= 11 is 0. The lowest BCUT2D eigenvalue weighted by Gasteiger charge is -2.37. The van der Waals surface area contributed by atoms with Gasteiger partial charge in [0.25, 0.3) is 5.91 Å². The van der Waals surface area contributed by atoms with Crippen molar-refractivity contribution in [3.05, 3.63) is 107 Å². The van der Waals surface area contributed by atoms with Crippen LogP contribution in [0.2, 0.25) is 0 Å². The van der Waals surface area contributed by atoms with Crippen molar-refractivity contribution in [2.75, 3.05) is 0 Å². The zero-order valence-electron chi connectivity index (χ0n) is 21.1. The molecule has 6 nitrogen and oxygen atoms in total. The van der Waals surface area contributed by atoms with E-state index in [1.165, 1.54) is 23.3 Å². The molecule has 2 aromatic heterocycles. The Labute approximate surface area is 215 Å². The number of aromatic nitrogens is 4. The van der Waals surface area contributed by atoms with E-state index < -0.39 is 0 Å². The Kier molecular flexibility index (Phi) is 5.78. The van der Waals surface area contributed by atoms with Gasteiger partial charge in [0.15, 0.2) is 0 Å². The normalized spacial score (nSPS) is 21.2. The fourth-order valence-corrected chi connectivity index (χ4v) is 6.16. The maximum Gasteiger partial charge on any atom is 0.270 e. The van der Waals surface area contributed by atoms with Crippen LogP contribution in [-0.2, 0) is 13.5 Å². The summed E-state index contributed by atoms with van der Waals surface area (Å²) in [5.41, 5.74) is 6.24. The molecule has 1 amide bonds. The third-order valence-electron chi connectivity index (χ3n) is 8.30. The number of nitrogens with one attached hydrogen (secondary N) is 1. The Morgan fingerprint density at radius 1 is 1.16 bits per heavy atom. The quantitative estimate of drug-likeness (QED) is 0.375. The first-order valence-corrected chi connectivity index (χ1v) is 12.8. The smallest absolute Gasteiger partial charge is 0.270 e. The molecule has 2 aliphatic carbocycles. The van der Waals surface area contributed by atoms with Crippen LogP contribution in [0.5, 0.6) is 0 Å². The van der Waals surface area contributed by atoms with Gasteiger partial charge in [0.1, 0.15) is 11.5 Å². The monoisotopic (exact) mass is 495 g/mol. The maximum atomic E-state index is 13.5. The van der Waals surface area contributed by atoms with E-state index in [1.807, 2.05) is 36.1 Å². The number of fused-ring (bicyclic) bond motifs is 2. The Hall–Kier alpha value is -4.00. The molecule has 188 valence electrons. The number of hydrogen-bond donors (Lipinski definition) is 1. The highest BCUT2D eigenvalue weighted by atomic mass is 19.1. The molecule has 2 aliphatic rings. The second kappa shape index (κ2) is 9.14. The number of imidazole rings is 1. The minimum Gasteiger partial charge on any atom is -0.344 e. The minimum atomic E-state index is -0.252. The number of carbonyl (C=O) groups is 1. The lowest BCUT2D eigenvalue weighted by molar-refractivity contribution is 0.0915. The third-order valence-corrected chi connectivity index (χ3v) is 8.30. The summed E-state index contributed by atoms with van der Waals surface area (Å²) in [6.07, 6.45) is 11.3. The molecule has 0 unspecified atom stereocenters. The van der Waals surface area contributed by atoms with Crippen LogP contribution in [0.4, 0.5) is 4.39 Å². The van der Waals surface area contributed by atoms with Crippen LogP contribution in [0.15, 0.2) is 78.9 Å². The summed E-state index contributed by atoms with van der Waals surface area (Å²) in [7, 11) is 1.83. The molecule has 2 heterocycles. The summed E-state index contributed by atoms with van der Waals surface area (Å²) in [4.78, 5) is 17.3. The topological polar surface area (TPSA) is 64.7 Å². The second-order valence-electron chi connectivity index (χ2n) is 10.5. The van der Waals surface area contributed by atoms with Crippen molar-refractivity contribution in [2.45, 2.75) is 38.6 Å². The average molecular weight is 496 g/mol. The predicted molar refractivity (Wildman–Crippen MR) is 141 cm³/mol. The molecule has 6 rings (SSSR count). The van der Waals surface area contributed by atoms with Crippen LogP contribution >= 0.6 is 0 Å². The largest absolute Gasteiger partial charge is 0.344 e. The van der Waals surface area contributed by atoms with E-state index in [0.717, 1.165) is 42.6 Å². The number of rotatable bonds is 6. The summed E-state index contributed by atoms with van der Waals surface area (Å²) in [6, 6.07) is 16.6. The number of halogens is 1. The molecule has 3 atom stereocenters. The van der Waals surface area contributed by atoms with Crippen LogP contribution in [0.1, 0.15) is 59.5 Å². The first-order chi connectivity index (χ1) is 17.9. The molecule has 0 radical (unpaired) electrons. The van der Waals surface area contributed by atoms with Crippen molar-refractivity contribution in [1.29, 1.82) is 0 Å². The van der Waals surface area contributed by atoms with E-state index in [1.54, 1.807) is 29.2 Å². The molecule has 1 N–H and O–H groups in total. The van der Waals surface area contributed by atoms with E-state index in [0.29, 0.717) is 11.6 Å². The number of nitrogens with zero attached hydrogens (tertiary/aromatic N) is 4. The zero-order valence-corrected chi connectivity index (χ0v) is 21.1. The lowest BCUT2D eigenvalue weighted by Crippen LogP contribution is -2.35. The number of allylic oxidation sites excluding steroid dienone is 1. The Bertz CT molecular complexity index is 1470. The van der Waals surface area contributed by atoms with Crippen molar-refractivity contribution in [1.82, 2.24) is 24.6 Å². The molecular formula is C30H30FN5O. The van der Waals surface area contributed by atoms with Gasteiger partial charge in [-0.3, -0.25) is 4.79 Å². The van der Waals surface area contributed by atoms with Gasteiger partial charge in [0.2, 0.25) is 0 Å². The number of carbonyl (C=O) groups excluding carboxylic acids is 1. The van der Waals surface area contributed by atoms with E-state index in [2.05, 4.69) is 40.5 Å². The molecule has 0 bridgehead atoms. The van der Waals surface area contributed by atoms with Gasteiger partial charge in [-0.25, -0.2) is 14.1 Å². The third kappa shape index (κ3) is 4.18. The predicted octanol–water partition coefficient (Wildman–Crippen LogP) is 5.66. The first-order valence-electron chi connectivity index (χ1n) is 12.8. The summed E-state index contributed by atoms with van der Waals surface area (Å²) in [5, 5.41) is 7.95. The van der Waals surface area contributed by atoms with Crippen LogP contribution in [-0.4, -0.2) is 25.2 Å². The van der Waals surface area contributed by atoms with Gasteiger partial charge in [0, 0.05) is 7.05 Å². The molecule has 4 aromatic rings. The van der Waals surface area contributed by atoms with Crippen molar-refractivity contribution < 1.29 is 9.18 Å². The molecule has 37 heavy (non-hydrogen) atoms. The van der Waals surface area contributed by atoms with Gasteiger partial charge in [-0.1, -0.05) is 42.8 Å². The fourth-order valence-electron chi connectivity index (χ4n) is 6.16. The second-order valence-corrected chi connectivity index (χ2v) is 10.5. The molecule has 1 saturated carbocycles. The summed E-state index contributed by atoms with van der Waals surface area (Å²) < 4.78 is 17.1. The number of amides is 1. The highest BCUT2D eigenvalue weighted by Gasteiger charge is 2.46. The number of hydrogen-bond acceptors (Lipinski definition) is 3. The molecule has 7 heteroatoms. The van der Waals surface area contributed by atoms with Crippen LogP contribution in [0.25, 0.3) is 11.8 Å². The van der Waals surface area contributed by atoms with E-state index in [-0.39, 0.29) is 23.2 Å². The first kappa shape index (κ1) is 23.4. The Morgan fingerprint density at radius 2 is 1.95 bits per heavy atom. The molecule has 2 aromatic carbocycles. The van der Waals surface area contributed by atoms with Crippen LogP contribution in [0, 0.1) is 17.2 Å². The molecule has 0 spiro atoms. The van der Waals surface area contributed by atoms with Gasteiger partial charge < -0.3 is 9.88 Å². The number of benzene rings is 2. The van der Waals surface area contributed by atoms with Crippen LogP contribution in [0.3, 0.4) is 0 Å². The van der Waals surface area contributed by atoms with Gasteiger partial charge in [-0.2, -0.15) is 5.10 Å². The standard InChI is InChI=1S/C30H30FN5O/c1-30-16-21-17-33-36(25-12-10-24(31)11-13-25)27(21)15-23(30)9-8-22(30)14-26(20-6-4-3-5-7-20)34-29(37)28-18-32-19-35(28)2/h3-7,10-13,15,17-19,22,26H,8-9,14,16H2,1-2H3,(H,34,37)/t22-,26-,30-/m1/s1. The average Bonchev–Trinajstić information content (AvgIpc) is 3.60. The molecular weight excluding hydrogens is 465 g/mol. The number of aryl methyl sites for hydroxylation is 1. The Balaban J connectivity index is 1.28. The highest BCUT2D eigenvalue weighted by molar-refractivity contribution is 5.92. The molecule has 0 saturated heterocycles. The van der Waals surface area contributed by atoms with Crippen molar-refractivity contribution in [3.8, 4) is 5.69 Å². The minimum absolute atomic E-state index is 0.00601. The van der Waals surface area contributed by atoms with E-state index in [4.69, 9.17) is 0 Å². The van der Waals surface area contributed by atoms with Crippen LogP contribution < -0.4 is 5.32 Å². The van der Waals surface area contributed by atoms with Crippen molar-refractivity contribution >= 4 is 12.0 Å². The summed E-state index contributed by atoms with van der Waals surface area (Å²) in [6.45, 7) is 2.36. The molecule has 1 fully saturated rings. The van der Waals surface area contributed by atoms with Crippen molar-refractivity contribution in [2.24, 2.45) is 18.4 Å².